The molecule has 0 aliphatic carbocycles. The van der Waals surface area contributed by atoms with Crippen LogP contribution in [-0.2, 0) is 4.79 Å². The van der Waals surface area contributed by atoms with Gasteiger partial charge in [-0.05, 0) is 25.3 Å². The van der Waals surface area contributed by atoms with E-state index in [2.05, 4.69) is 0 Å². The van der Waals surface area contributed by atoms with E-state index in [1.54, 1.807) is 13.0 Å². The molecule has 0 aliphatic rings. The molecule has 0 heterocycles. The number of allylic oxidation sites excluding steroid dienone is 2. The number of hydrogen-bond donors (Lipinski definition) is 1. The summed E-state index contributed by atoms with van der Waals surface area (Å²) in [7, 11) is 0. The number of aliphatic hydroxyl groups is 1. The first-order valence-corrected chi connectivity index (χ1v) is 4.45. The number of hydrogen-bond acceptors (Lipinski definition) is 2. The van der Waals surface area contributed by atoms with Crippen molar-refractivity contribution in [2.75, 3.05) is 0 Å². The van der Waals surface area contributed by atoms with Crippen molar-refractivity contribution in [3.63, 3.8) is 0 Å². The third-order valence-corrected chi connectivity index (χ3v) is 1.98. The summed E-state index contributed by atoms with van der Waals surface area (Å²) >= 11 is 0. The van der Waals surface area contributed by atoms with Crippen LogP contribution in [0.4, 0.5) is 0 Å². The third kappa shape index (κ3) is 5.08. The van der Waals surface area contributed by atoms with Gasteiger partial charge in [0.1, 0.15) is 0 Å². The van der Waals surface area contributed by atoms with Crippen molar-refractivity contribution in [3.05, 3.63) is 12.2 Å². The maximum Gasteiger partial charge on any atom is 0.155 e. The molecule has 0 fully saturated rings. The van der Waals surface area contributed by atoms with Crippen LogP contribution >= 0.6 is 0 Å². The van der Waals surface area contributed by atoms with Crippen molar-refractivity contribution in [1.29, 1.82) is 0 Å². The molecule has 12 heavy (non-hydrogen) atoms. The van der Waals surface area contributed by atoms with Crippen LogP contribution in [0, 0.1) is 5.92 Å². The van der Waals surface area contributed by atoms with Crippen LogP contribution < -0.4 is 0 Å². The zero-order chi connectivity index (χ0) is 9.56. The number of aliphatic hydroxyl groups excluding tert-OH is 1. The van der Waals surface area contributed by atoms with Crippen LogP contribution in [-0.4, -0.2) is 17.0 Å². The molecule has 0 spiro atoms. The molecule has 0 aromatic heterocycles. The maximum absolute atomic E-state index is 10.8. The monoisotopic (exact) mass is 170 g/mol. The van der Waals surface area contributed by atoms with E-state index in [0.29, 0.717) is 6.42 Å². The molecule has 0 aliphatic heterocycles. The Balaban J connectivity index is 3.67. The minimum Gasteiger partial charge on any atom is -0.393 e. The Bertz CT molecular complexity index is 159. The van der Waals surface area contributed by atoms with Crippen LogP contribution in [0.25, 0.3) is 0 Å². The Morgan fingerprint density at radius 1 is 1.50 bits per heavy atom. The molecule has 0 unspecified atom stereocenters. The quantitative estimate of drug-likeness (QED) is 0.640. The zero-order valence-electron chi connectivity index (χ0n) is 8.08. The van der Waals surface area contributed by atoms with Gasteiger partial charge in [0.2, 0.25) is 0 Å². The minimum atomic E-state index is -0.300. The van der Waals surface area contributed by atoms with E-state index in [1.165, 1.54) is 0 Å². The number of carbonyl (C=O) groups is 1. The van der Waals surface area contributed by atoms with Crippen molar-refractivity contribution >= 4 is 5.78 Å². The van der Waals surface area contributed by atoms with E-state index in [1.807, 2.05) is 19.9 Å². The van der Waals surface area contributed by atoms with E-state index in [-0.39, 0.29) is 17.8 Å². The highest BCUT2D eigenvalue weighted by Crippen LogP contribution is 2.07. The second-order valence-corrected chi connectivity index (χ2v) is 3.18. The third-order valence-electron chi connectivity index (χ3n) is 1.98. The first kappa shape index (κ1) is 11.4. The average Bonchev–Trinajstić information content (AvgIpc) is 2.03. The second kappa shape index (κ2) is 5.95. The standard InChI is InChI=1S/C10H18O2/c1-4-10(12)7-5-6-8(2)9(3)11/h5,7-9,11H,4,6H2,1-3H3/b7-5+/t8-,9+/m1/s1. The van der Waals surface area contributed by atoms with E-state index < -0.39 is 0 Å². The summed E-state index contributed by atoms with van der Waals surface area (Å²) in [6.45, 7) is 5.57. The minimum absolute atomic E-state index is 0.146. The molecule has 2 atom stereocenters. The van der Waals surface area contributed by atoms with Crippen molar-refractivity contribution in [2.24, 2.45) is 5.92 Å². The molecular formula is C10H18O2. The molecule has 0 saturated heterocycles. The SMILES string of the molecule is CCC(=O)/C=C/C[C@@H](C)[C@H](C)O. The zero-order valence-corrected chi connectivity index (χ0v) is 8.08. The van der Waals surface area contributed by atoms with Crippen molar-refractivity contribution < 1.29 is 9.90 Å². The summed E-state index contributed by atoms with van der Waals surface area (Å²) in [5.41, 5.74) is 0. The first-order valence-electron chi connectivity index (χ1n) is 4.45. The fourth-order valence-electron chi connectivity index (χ4n) is 0.729. The number of rotatable bonds is 5. The molecule has 0 bridgehead atoms. The normalized spacial score (nSPS) is 16.3. The maximum atomic E-state index is 10.8. The van der Waals surface area contributed by atoms with Crippen LogP contribution in [0.2, 0.25) is 0 Å². The summed E-state index contributed by atoms with van der Waals surface area (Å²) in [5, 5.41) is 9.12. The largest absolute Gasteiger partial charge is 0.393 e. The Kier molecular flexibility index (Phi) is 5.64. The fourth-order valence-corrected chi connectivity index (χ4v) is 0.729. The Labute approximate surface area is 74.3 Å². The lowest BCUT2D eigenvalue weighted by Gasteiger charge is -2.10. The van der Waals surface area contributed by atoms with Gasteiger partial charge < -0.3 is 5.11 Å². The van der Waals surface area contributed by atoms with Crippen LogP contribution in [0.3, 0.4) is 0 Å². The Morgan fingerprint density at radius 3 is 2.50 bits per heavy atom. The molecule has 70 valence electrons. The molecule has 0 radical (unpaired) electrons. The summed E-state index contributed by atoms with van der Waals surface area (Å²) in [5.74, 6) is 0.374. The van der Waals surface area contributed by atoms with Crippen molar-refractivity contribution in [3.8, 4) is 0 Å². The topological polar surface area (TPSA) is 37.3 Å². The van der Waals surface area contributed by atoms with Gasteiger partial charge in [-0.1, -0.05) is 19.9 Å². The van der Waals surface area contributed by atoms with Gasteiger partial charge in [-0.25, -0.2) is 0 Å². The van der Waals surface area contributed by atoms with E-state index >= 15 is 0 Å². The Hall–Kier alpha value is -0.630. The lowest BCUT2D eigenvalue weighted by Crippen LogP contribution is -2.11. The molecule has 2 heteroatoms. The number of ketones is 1. The summed E-state index contributed by atoms with van der Waals surface area (Å²) in [6.07, 6.45) is 4.46. The van der Waals surface area contributed by atoms with E-state index in [4.69, 9.17) is 5.11 Å². The molecule has 0 aromatic carbocycles. The van der Waals surface area contributed by atoms with Gasteiger partial charge in [0.25, 0.3) is 0 Å². The molecule has 1 N–H and O–H groups in total. The Morgan fingerprint density at radius 2 is 2.08 bits per heavy atom. The van der Waals surface area contributed by atoms with Crippen molar-refractivity contribution in [2.45, 2.75) is 39.7 Å². The summed E-state index contributed by atoms with van der Waals surface area (Å²) in [4.78, 5) is 10.8. The highest BCUT2D eigenvalue weighted by molar-refractivity contribution is 5.89. The average molecular weight is 170 g/mol. The van der Waals surface area contributed by atoms with Gasteiger partial charge in [0, 0.05) is 6.42 Å². The predicted molar refractivity (Wildman–Crippen MR) is 49.9 cm³/mol. The van der Waals surface area contributed by atoms with Gasteiger partial charge in [-0.2, -0.15) is 0 Å². The smallest absolute Gasteiger partial charge is 0.155 e. The first-order chi connectivity index (χ1) is 5.57. The highest BCUT2D eigenvalue weighted by atomic mass is 16.3. The van der Waals surface area contributed by atoms with Crippen LogP contribution in [0.15, 0.2) is 12.2 Å². The van der Waals surface area contributed by atoms with Gasteiger partial charge in [-0.3, -0.25) is 4.79 Å². The molecular weight excluding hydrogens is 152 g/mol. The highest BCUT2D eigenvalue weighted by Gasteiger charge is 2.05. The molecule has 2 nitrogen and oxygen atoms in total. The van der Waals surface area contributed by atoms with Gasteiger partial charge in [-0.15, -0.1) is 0 Å². The molecule has 0 aromatic rings. The van der Waals surface area contributed by atoms with Crippen molar-refractivity contribution in [1.82, 2.24) is 0 Å². The molecule has 0 amide bonds. The summed E-state index contributed by atoms with van der Waals surface area (Å²) < 4.78 is 0. The lowest BCUT2D eigenvalue weighted by atomic mass is 10.0. The fraction of sp³-hybridized carbons (Fsp3) is 0.700. The number of carbonyl (C=O) groups excluding carboxylic acids is 1. The predicted octanol–water partition coefficient (Wildman–Crippen LogP) is 1.93. The second-order valence-electron chi connectivity index (χ2n) is 3.18. The van der Waals surface area contributed by atoms with E-state index in [9.17, 15) is 4.79 Å². The van der Waals surface area contributed by atoms with Gasteiger partial charge in [0.15, 0.2) is 5.78 Å². The molecule has 0 saturated carbocycles. The van der Waals surface area contributed by atoms with Crippen LogP contribution in [0.5, 0.6) is 0 Å². The van der Waals surface area contributed by atoms with Gasteiger partial charge >= 0.3 is 0 Å². The lowest BCUT2D eigenvalue weighted by molar-refractivity contribution is -0.114. The van der Waals surface area contributed by atoms with Crippen LogP contribution in [0.1, 0.15) is 33.6 Å². The summed E-state index contributed by atoms with van der Waals surface area (Å²) in [6, 6.07) is 0. The van der Waals surface area contributed by atoms with E-state index in [0.717, 1.165) is 6.42 Å². The van der Waals surface area contributed by atoms with Gasteiger partial charge in [0.05, 0.1) is 6.10 Å². The molecule has 0 rings (SSSR count).